The van der Waals surface area contributed by atoms with E-state index >= 15 is 0 Å². The zero-order valence-electron chi connectivity index (χ0n) is 6.84. The standard InChI is InChI=1S/C9H8BrNOS/c1-2-3-9(12)11-5-8-4-7(10)6-13-8/h1,4,6H,3,5H2,(H,11,12). The third-order valence-corrected chi connectivity index (χ3v) is 3.04. The molecule has 0 saturated heterocycles. The van der Waals surface area contributed by atoms with Crippen LogP contribution in [0.5, 0.6) is 0 Å². The van der Waals surface area contributed by atoms with Gasteiger partial charge in [0.25, 0.3) is 0 Å². The lowest BCUT2D eigenvalue weighted by molar-refractivity contribution is -0.120. The molecule has 1 heterocycles. The van der Waals surface area contributed by atoms with E-state index in [1.54, 1.807) is 11.3 Å². The van der Waals surface area contributed by atoms with E-state index in [0.717, 1.165) is 9.35 Å². The van der Waals surface area contributed by atoms with Crippen LogP contribution in [0.25, 0.3) is 0 Å². The first-order valence-electron chi connectivity index (χ1n) is 3.65. The number of carbonyl (C=O) groups excluding carboxylic acids is 1. The van der Waals surface area contributed by atoms with Crippen molar-refractivity contribution in [1.29, 1.82) is 0 Å². The van der Waals surface area contributed by atoms with Gasteiger partial charge in [-0.1, -0.05) is 5.92 Å². The second-order valence-electron chi connectivity index (χ2n) is 2.39. The van der Waals surface area contributed by atoms with Gasteiger partial charge in [0.2, 0.25) is 5.91 Å². The molecule has 2 nitrogen and oxygen atoms in total. The lowest BCUT2D eigenvalue weighted by atomic mass is 10.4. The summed E-state index contributed by atoms with van der Waals surface area (Å²) in [5.74, 6) is 2.19. The first-order valence-corrected chi connectivity index (χ1v) is 5.32. The minimum Gasteiger partial charge on any atom is -0.350 e. The highest BCUT2D eigenvalue weighted by Gasteiger charge is 2.00. The van der Waals surface area contributed by atoms with Gasteiger partial charge in [-0.25, -0.2) is 0 Å². The number of rotatable bonds is 3. The molecule has 0 aromatic carbocycles. The van der Waals surface area contributed by atoms with E-state index in [0.29, 0.717) is 6.54 Å². The Morgan fingerprint density at radius 1 is 1.77 bits per heavy atom. The number of amides is 1. The van der Waals surface area contributed by atoms with Crippen molar-refractivity contribution in [3.8, 4) is 12.3 Å². The van der Waals surface area contributed by atoms with E-state index in [4.69, 9.17) is 6.42 Å². The van der Waals surface area contributed by atoms with Crippen molar-refractivity contribution in [2.75, 3.05) is 0 Å². The van der Waals surface area contributed by atoms with Gasteiger partial charge >= 0.3 is 0 Å². The molecule has 1 amide bonds. The van der Waals surface area contributed by atoms with Crippen LogP contribution >= 0.6 is 27.3 Å². The molecule has 0 bridgehead atoms. The summed E-state index contributed by atoms with van der Waals surface area (Å²) in [4.78, 5) is 12.1. The smallest absolute Gasteiger partial charge is 0.232 e. The Balaban J connectivity index is 2.36. The van der Waals surface area contributed by atoms with Crippen LogP contribution in [0.1, 0.15) is 11.3 Å². The number of terminal acetylenes is 1. The molecule has 0 radical (unpaired) electrons. The number of thiophene rings is 1. The molecule has 1 aromatic heterocycles. The zero-order valence-corrected chi connectivity index (χ0v) is 9.24. The topological polar surface area (TPSA) is 29.1 Å². The molecule has 0 saturated carbocycles. The van der Waals surface area contributed by atoms with E-state index in [1.165, 1.54) is 0 Å². The molecule has 1 rings (SSSR count). The van der Waals surface area contributed by atoms with Crippen molar-refractivity contribution in [3.05, 3.63) is 20.8 Å². The number of carbonyl (C=O) groups is 1. The van der Waals surface area contributed by atoms with E-state index in [2.05, 4.69) is 27.2 Å². The second kappa shape index (κ2) is 5.05. The van der Waals surface area contributed by atoms with Crippen LogP contribution in [0.15, 0.2) is 15.9 Å². The molecule has 0 atom stereocenters. The Labute approximate surface area is 89.5 Å². The third kappa shape index (κ3) is 3.62. The number of hydrogen-bond acceptors (Lipinski definition) is 2. The molecule has 68 valence electrons. The maximum atomic E-state index is 11.0. The predicted octanol–water partition coefficient (Wildman–Crippen LogP) is 2.15. The normalized spacial score (nSPS) is 9.23. The first kappa shape index (κ1) is 10.3. The summed E-state index contributed by atoms with van der Waals surface area (Å²) in [5.41, 5.74) is 0. The molecule has 0 aliphatic carbocycles. The number of nitrogens with one attached hydrogen (secondary N) is 1. The van der Waals surface area contributed by atoms with Crippen LogP contribution in [0.3, 0.4) is 0 Å². The van der Waals surface area contributed by atoms with Crippen molar-refractivity contribution >= 4 is 33.2 Å². The lowest BCUT2D eigenvalue weighted by Gasteiger charge is -1.98. The Morgan fingerprint density at radius 2 is 2.54 bits per heavy atom. The van der Waals surface area contributed by atoms with E-state index in [1.807, 2.05) is 11.4 Å². The molecule has 0 aliphatic heterocycles. The van der Waals surface area contributed by atoms with Gasteiger partial charge in [0.05, 0.1) is 13.0 Å². The fourth-order valence-electron chi connectivity index (χ4n) is 0.787. The summed E-state index contributed by atoms with van der Waals surface area (Å²) in [7, 11) is 0. The van der Waals surface area contributed by atoms with Crippen molar-refractivity contribution in [2.24, 2.45) is 0 Å². The van der Waals surface area contributed by atoms with Gasteiger partial charge in [0.1, 0.15) is 0 Å². The summed E-state index contributed by atoms with van der Waals surface area (Å²) >= 11 is 4.93. The molecule has 0 spiro atoms. The average Bonchev–Trinajstić information content (AvgIpc) is 2.49. The van der Waals surface area contributed by atoms with Gasteiger partial charge in [0, 0.05) is 14.7 Å². The highest BCUT2D eigenvalue weighted by molar-refractivity contribution is 9.10. The molecule has 1 aromatic rings. The van der Waals surface area contributed by atoms with Gasteiger partial charge in [-0.3, -0.25) is 4.79 Å². The zero-order chi connectivity index (χ0) is 9.68. The maximum Gasteiger partial charge on any atom is 0.232 e. The van der Waals surface area contributed by atoms with Gasteiger partial charge in [-0.05, 0) is 22.0 Å². The van der Waals surface area contributed by atoms with Gasteiger partial charge < -0.3 is 5.32 Å². The van der Waals surface area contributed by atoms with Crippen LogP contribution in [-0.4, -0.2) is 5.91 Å². The Kier molecular flexibility index (Phi) is 4.00. The fourth-order valence-corrected chi connectivity index (χ4v) is 2.18. The first-order chi connectivity index (χ1) is 6.22. The summed E-state index contributed by atoms with van der Waals surface area (Å²) in [5, 5.41) is 4.70. The van der Waals surface area contributed by atoms with Crippen molar-refractivity contribution in [3.63, 3.8) is 0 Å². The van der Waals surface area contributed by atoms with E-state index in [-0.39, 0.29) is 12.3 Å². The summed E-state index contributed by atoms with van der Waals surface area (Å²) in [6.45, 7) is 0.552. The lowest BCUT2D eigenvalue weighted by Crippen LogP contribution is -2.21. The van der Waals surface area contributed by atoms with Crippen LogP contribution in [0.2, 0.25) is 0 Å². The van der Waals surface area contributed by atoms with Crippen LogP contribution in [-0.2, 0) is 11.3 Å². The molecule has 0 aliphatic rings. The van der Waals surface area contributed by atoms with Crippen molar-refractivity contribution < 1.29 is 4.79 Å². The van der Waals surface area contributed by atoms with Crippen LogP contribution < -0.4 is 5.32 Å². The highest BCUT2D eigenvalue weighted by Crippen LogP contribution is 2.19. The van der Waals surface area contributed by atoms with Crippen LogP contribution in [0.4, 0.5) is 0 Å². The number of hydrogen-bond donors (Lipinski definition) is 1. The fraction of sp³-hybridized carbons (Fsp3) is 0.222. The van der Waals surface area contributed by atoms with Gasteiger partial charge in [-0.2, -0.15) is 0 Å². The third-order valence-electron chi connectivity index (χ3n) is 1.34. The second-order valence-corrected chi connectivity index (χ2v) is 4.30. The average molecular weight is 258 g/mol. The SMILES string of the molecule is C#CCC(=O)NCc1cc(Br)cs1. The maximum absolute atomic E-state index is 11.0. The van der Waals surface area contributed by atoms with Crippen LogP contribution in [0, 0.1) is 12.3 Å². The molecule has 0 fully saturated rings. The molecule has 4 heteroatoms. The minimum absolute atomic E-state index is 0.105. The molecule has 13 heavy (non-hydrogen) atoms. The molecular weight excluding hydrogens is 250 g/mol. The van der Waals surface area contributed by atoms with Crippen molar-refractivity contribution in [1.82, 2.24) is 5.32 Å². The summed E-state index contributed by atoms with van der Waals surface area (Å²) < 4.78 is 1.04. The molecule has 1 N–H and O–H groups in total. The predicted molar refractivity (Wildman–Crippen MR) is 57.3 cm³/mol. The Morgan fingerprint density at radius 3 is 3.08 bits per heavy atom. The Bertz CT molecular complexity index is 340. The number of halogens is 1. The van der Waals surface area contributed by atoms with Crippen molar-refractivity contribution in [2.45, 2.75) is 13.0 Å². The quantitative estimate of drug-likeness (QED) is 0.827. The highest BCUT2D eigenvalue weighted by atomic mass is 79.9. The summed E-state index contributed by atoms with van der Waals surface area (Å²) in [6, 6.07) is 1.97. The van der Waals surface area contributed by atoms with Gasteiger partial charge in [0.15, 0.2) is 0 Å². The largest absolute Gasteiger partial charge is 0.350 e. The summed E-state index contributed by atoms with van der Waals surface area (Å²) in [6.07, 6.45) is 5.13. The monoisotopic (exact) mass is 257 g/mol. The molecule has 0 unspecified atom stereocenters. The van der Waals surface area contributed by atoms with E-state index in [9.17, 15) is 4.79 Å². The van der Waals surface area contributed by atoms with E-state index < -0.39 is 0 Å². The minimum atomic E-state index is -0.105. The van der Waals surface area contributed by atoms with Gasteiger partial charge in [-0.15, -0.1) is 17.8 Å². The molecular formula is C9H8BrNOS. The Hall–Kier alpha value is -0.790.